The number of aromatic nitrogens is 2. The second kappa shape index (κ2) is 4.69. The Kier molecular flexibility index (Phi) is 3.43. The summed E-state index contributed by atoms with van der Waals surface area (Å²) in [5, 5.41) is 4.59. The monoisotopic (exact) mass is 237 g/mol. The highest BCUT2D eigenvalue weighted by atomic mass is 16.5. The third-order valence-electron chi connectivity index (χ3n) is 3.23. The zero-order valence-electron chi connectivity index (χ0n) is 11.1. The molecule has 2 heterocycles. The number of rotatable bonds is 2. The van der Waals surface area contributed by atoms with Crippen molar-refractivity contribution in [3.63, 3.8) is 0 Å². The minimum Gasteiger partial charge on any atom is -0.384 e. The first-order chi connectivity index (χ1) is 7.97. The van der Waals surface area contributed by atoms with Crippen LogP contribution in [0.5, 0.6) is 0 Å². The van der Waals surface area contributed by atoms with Gasteiger partial charge >= 0.3 is 0 Å². The molecule has 17 heavy (non-hydrogen) atoms. The topological polar surface area (TPSA) is 53.1 Å². The third-order valence-corrected chi connectivity index (χ3v) is 3.23. The van der Waals surface area contributed by atoms with E-state index in [0.717, 1.165) is 31.1 Å². The Morgan fingerprint density at radius 2 is 2.24 bits per heavy atom. The fourth-order valence-corrected chi connectivity index (χ4v) is 2.09. The lowest BCUT2D eigenvalue weighted by atomic mass is 9.92. The number of ether oxygens (including phenoxy) is 1. The Morgan fingerprint density at radius 3 is 2.76 bits per heavy atom. The molecule has 0 radical (unpaired) electrons. The summed E-state index contributed by atoms with van der Waals surface area (Å²) in [6.07, 6.45) is 3.82. The van der Waals surface area contributed by atoms with Crippen LogP contribution in [0.4, 0.5) is 5.82 Å². The van der Waals surface area contributed by atoms with E-state index in [2.05, 4.69) is 25.9 Å². The maximum atomic E-state index is 6.00. The van der Waals surface area contributed by atoms with Crippen LogP contribution in [0.3, 0.4) is 0 Å². The molecule has 4 heteroatoms. The van der Waals surface area contributed by atoms with Crippen molar-refractivity contribution in [2.24, 2.45) is 0 Å². The predicted octanol–water partition coefficient (Wildman–Crippen LogP) is 2.33. The van der Waals surface area contributed by atoms with Gasteiger partial charge in [-0.25, -0.2) is 4.68 Å². The van der Waals surface area contributed by atoms with E-state index in [1.807, 2.05) is 10.7 Å². The second-order valence-electron chi connectivity index (χ2n) is 5.88. The van der Waals surface area contributed by atoms with Crippen LogP contribution in [-0.2, 0) is 16.7 Å². The van der Waals surface area contributed by atoms with Gasteiger partial charge in [0.2, 0.25) is 0 Å². The molecule has 0 aliphatic carbocycles. The van der Waals surface area contributed by atoms with Gasteiger partial charge in [0.25, 0.3) is 0 Å². The normalized spacial score (nSPS) is 21.7. The first kappa shape index (κ1) is 12.4. The SMILES string of the molecule is CC(C)(C)c1cc(N)n(CC2CCCCO2)n1. The molecule has 0 saturated carbocycles. The van der Waals surface area contributed by atoms with Crippen LogP contribution < -0.4 is 5.73 Å². The lowest BCUT2D eigenvalue weighted by Gasteiger charge is -2.22. The number of anilines is 1. The summed E-state index contributed by atoms with van der Waals surface area (Å²) in [6, 6.07) is 1.98. The standard InChI is InChI=1S/C13H23N3O/c1-13(2,3)11-8-12(14)16(15-11)9-10-6-4-5-7-17-10/h8,10H,4-7,9,14H2,1-3H3. The Hall–Kier alpha value is -1.03. The molecule has 0 aromatic carbocycles. The highest BCUT2D eigenvalue weighted by Crippen LogP contribution is 2.23. The molecule has 0 spiro atoms. The zero-order valence-corrected chi connectivity index (χ0v) is 11.1. The van der Waals surface area contributed by atoms with Gasteiger partial charge in [-0.05, 0) is 19.3 Å². The molecule has 1 saturated heterocycles. The predicted molar refractivity (Wildman–Crippen MR) is 68.9 cm³/mol. The summed E-state index contributed by atoms with van der Waals surface area (Å²) >= 11 is 0. The van der Waals surface area contributed by atoms with Crippen LogP contribution in [0.15, 0.2) is 6.07 Å². The molecule has 96 valence electrons. The molecule has 2 N–H and O–H groups in total. The molecule has 0 amide bonds. The minimum absolute atomic E-state index is 0.0484. The van der Waals surface area contributed by atoms with Crippen molar-refractivity contribution in [1.82, 2.24) is 9.78 Å². The maximum Gasteiger partial charge on any atom is 0.122 e. The van der Waals surface area contributed by atoms with E-state index in [1.165, 1.54) is 12.8 Å². The van der Waals surface area contributed by atoms with E-state index in [1.54, 1.807) is 0 Å². The van der Waals surface area contributed by atoms with E-state index in [9.17, 15) is 0 Å². The fraction of sp³-hybridized carbons (Fsp3) is 0.769. The quantitative estimate of drug-likeness (QED) is 0.859. The van der Waals surface area contributed by atoms with E-state index in [4.69, 9.17) is 10.5 Å². The number of nitrogens with two attached hydrogens (primary N) is 1. The van der Waals surface area contributed by atoms with Crippen LogP contribution >= 0.6 is 0 Å². The third kappa shape index (κ3) is 3.00. The van der Waals surface area contributed by atoms with Crippen LogP contribution in [0.2, 0.25) is 0 Å². The van der Waals surface area contributed by atoms with Crippen molar-refractivity contribution in [3.05, 3.63) is 11.8 Å². The average molecular weight is 237 g/mol. The Morgan fingerprint density at radius 1 is 1.47 bits per heavy atom. The number of hydrogen-bond acceptors (Lipinski definition) is 3. The van der Waals surface area contributed by atoms with Crippen molar-refractivity contribution in [2.45, 2.75) is 58.1 Å². The van der Waals surface area contributed by atoms with E-state index in [-0.39, 0.29) is 11.5 Å². The number of nitrogens with zero attached hydrogens (tertiary/aromatic N) is 2. The highest BCUT2D eigenvalue weighted by Gasteiger charge is 2.21. The summed E-state index contributed by atoms with van der Waals surface area (Å²) in [7, 11) is 0. The molecular formula is C13H23N3O. The van der Waals surface area contributed by atoms with Gasteiger partial charge < -0.3 is 10.5 Å². The number of nitrogen functional groups attached to an aromatic ring is 1. The molecule has 1 aliphatic heterocycles. The van der Waals surface area contributed by atoms with Crippen molar-refractivity contribution in [1.29, 1.82) is 0 Å². The van der Waals surface area contributed by atoms with Gasteiger partial charge in [-0.2, -0.15) is 5.10 Å². The van der Waals surface area contributed by atoms with E-state index < -0.39 is 0 Å². The fourth-order valence-electron chi connectivity index (χ4n) is 2.09. The zero-order chi connectivity index (χ0) is 12.5. The van der Waals surface area contributed by atoms with Crippen LogP contribution in [-0.4, -0.2) is 22.5 Å². The van der Waals surface area contributed by atoms with E-state index >= 15 is 0 Å². The lowest BCUT2D eigenvalue weighted by molar-refractivity contribution is 0.00427. The molecule has 1 aliphatic rings. The lowest BCUT2D eigenvalue weighted by Crippen LogP contribution is -2.26. The van der Waals surface area contributed by atoms with Gasteiger partial charge in [0, 0.05) is 18.1 Å². The summed E-state index contributed by atoms with van der Waals surface area (Å²) in [4.78, 5) is 0. The summed E-state index contributed by atoms with van der Waals surface area (Å²) in [5.41, 5.74) is 7.10. The molecular weight excluding hydrogens is 214 g/mol. The Balaban J connectivity index is 2.07. The van der Waals surface area contributed by atoms with Gasteiger partial charge in [0.05, 0.1) is 18.3 Å². The summed E-state index contributed by atoms with van der Waals surface area (Å²) in [6.45, 7) is 8.10. The van der Waals surface area contributed by atoms with Crippen LogP contribution in [0.1, 0.15) is 45.7 Å². The average Bonchev–Trinajstić information content (AvgIpc) is 2.62. The van der Waals surface area contributed by atoms with Crippen molar-refractivity contribution >= 4 is 5.82 Å². The van der Waals surface area contributed by atoms with Gasteiger partial charge in [0.1, 0.15) is 5.82 Å². The first-order valence-electron chi connectivity index (χ1n) is 6.42. The minimum atomic E-state index is 0.0484. The summed E-state index contributed by atoms with van der Waals surface area (Å²) in [5.74, 6) is 0.740. The molecule has 1 aromatic heterocycles. The molecule has 0 bridgehead atoms. The van der Waals surface area contributed by atoms with Crippen LogP contribution in [0, 0.1) is 0 Å². The molecule has 1 fully saturated rings. The molecule has 1 aromatic rings. The molecule has 1 atom stereocenters. The summed E-state index contributed by atoms with van der Waals surface area (Å²) < 4.78 is 7.60. The molecule has 4 nitrogen and oxygen atoms in total. The Bertz CT molecular complexity index is 373. The molecule has 1 unspecified atom stereocenters. The molecule has 2 rings (SSSR count). The van der Waals surface area contributed by atoms with Gasteiger partial charge in [-0.1, -0.05) is 20.8 Å². The van der Waals surface area contributed by atoms with Gasteiger partial charge in [0.15, 0.2) is 0 Å². The first-order valence-corrected chi connectivity index (χ1v) is 6.42. The van der Waals surface area contributed by atoms with Gasteiger partial charge in [-0.3, -0.25) is 0 Å². The smallest absolute Gasteiger partial charge is 0.122 e. The number of hydrogen-bond donors (Lipinski definition) is 1. The van der Waals surface area contributed by atoms with E-state index in [0.29, 0.717) is 0 Å². The second-order valence-corrected chi connectivity index (χ2v) is 5.88. The van der Waals surface area contributed by atoms with Crippen LogP contribution in [0.25, 0.3) is 0 Å². The Labute approximate surface area is 103 Å². The van der Waals surface area contributed by atoms with Gasteiger partial charge in [-0.15, -0.1) is 0 Å². The largest absolute Gasteiger partial charge is 0.384 e. The maximum absolute atomic E-state index is 6.00. The van der Waals surface area contributed by atoms with Crippen molar-refractivity contribution < 1.29 is 4.74 Å². The van der Waals surface area contributed by atoms with Crippen molar-refractivity contribution in [2.75, 3.05) is 12.3 Å². The highest BCUT2D eigenvalue weighted by molar-refractivity contribution is 5.33. The van der Waals surface area contributed by atoms with Crippen molar-refractivity contribution in [3.8, 4) is 0 Å².